The standard InChI is InChI=1S/C9H16F2N2/c10-9(11)3-7(4-9)5-13-2-1-8(12)6-13/h7-8H,1-6,12H2/t8-/m1/s1. The van der Waals surface area contributed by atoms with Crippen molar-refractivity contribution in [1.29, 1.82) is 0 Å². The first-order chi connectivity index (χ1) is 6.05. The lowest BCUT2D eigenvalue weighted by Gasteiger charge is -2.37. The van der Waals surface area contributed by atoms with Crippen LogP contribution in [0.1, 0.15) is 19.3 Å². The first-order valence-electron chi connectivity index (χ1n) is 4.91. The van der Waals surface area contributed by atoms with E-state index in [1.54, 1.807) is 0 Å². The van der Waals surface area contributed by atoms with Gasteiger partial charge in [0.25, 0.3) is 0 Å². The van der Waals surface area contributed by atoms with Gasteiger partial charge in [0.1, 0.15) is 0 Å². The van der Waals surface area contributed by atoms with Crippen LogP contribution in [0.25, 0.3) is 0 Å². The topological polar surface area (TPSA) is 29.3 Å². The molecule has 0 amide bonds. The molecule has 1 saturated heterocycles. The van der Waals surface area contributed by atoms with Gasteiger partial charge in [-0.05, 0) is 18.9 Å². The second-order valence-electron chi connectivity index (χ2n) is 4.44. The minimum atomic E-state index is -2.37. The lowest BCUT2D eigenvalue weighted by molar-refractivity contribution is -0.115. The lowest BCUT2D eigenvalue weighted by Crippen LogP contribution is -2.42. The Balaban J connectivity index is 1.69. The van der Waals surface area contributed by atoms with E-state index in [0.717, 1.165) is 26.1 Å². The van der Waals surface area contributed by atoms with E-state index in [2.05, 4.69) is 4.90 Å². The summed E-state index contributed by atoms with van der Waals surface area (Å²) in [7, 11) is 0. The van der Waals surface area contributed by atoms with E-state index in [4.69, 9.17) is 5.73 Å². The summed E-state index contributed by atoms with van der Waals surface area (Å²) in [4.78, 5) is 2.21. The highest BCUT2D eigenvalue weighted by atomic mass is 19.3. The Morgan fingerprint density at radius 1 is 1.38 bits per heavy atom. The summed E-state index contributed by atoms with van der Waals surface area (Å²) >= 11 is 0. The normalized spacial score (nSPS) is 34.8. The van der Waals surface area contributed by atoms with E-state index in [9.17, 15) is 8.78 Å². The number of alkyl halides is 2. The van der Waals surface area contributed by atoms with Gasteiger partial charge in [-0.2, -0.15) is 0 Å². The van der Waals surface area contributed by atoms with Crippen LogP contribution < -0.4 is 5.73 Å². The summed E-state index contributed by atoms with van der Waals surface area (Å²) in [6.07, 6.45) is 1.18. The van der Waals surface area contributed by atoms with Gasteiger partial charge in [-0.15, -0.1) is 0 Å². The monoisotopic (exact) mass is 190 g/mol. The molecule has 1 aliphatic carbocycles. The Bertz CT molecular complexity index is 188. The Morgan fingerprint density at radius 2 is 2.08 bits per heavy atom. The summed E-state index contributed by atoms with van der Waals surface area (Å²) in [6.45, 7) is 2.70. The van der Waals surface area contributed by atoms with Crippen molar-refractivity contribution < 1.29 is 8.78 Å². The predicted octanol–water partition coefficient (Wildman–Crippen LogP) is 1.06. The van der Waals surface area contributed by atoms with Gasteiger partial charge in [-0.1, -0.05) is 0 Å². The molecule has 2 nitrogen and oxygen atoms in total. The minimum absolute atomic E-state index is 0.0821. The average Bonchev–Trinajstić information content (AvgIpc) is 2.31. The maximum absolute atomic E-state index is 12.5. The van der Waals surface area contributed by atoms with Crippen molar-refractivity contribution in [2.75, 3.05) is 19.6 Å². The number of hydrogen-bond donors (Lipinski definition) is 1. The highest BCUT2D eigenvalue weighted by molar-refractivity contribution is 4.89. The van der Waals surface area contributed by atoms with Gasteiger partial charge in [0.2, 0.25) is 5.92 Å². The van der Waals surface area contributed by atoms with Crippen LogP contribution in [0, 0.1) is 5.92 Å². The van der Waals surface area contributed by atoms with Crippen LogP contribution in [-0.4, -0.2) is 36.5 Å². The van der Waals surface area contributed by atoms with Gasteiger partial charge in [0.15, 0.2) is 0 Å². The van der Waals surface area contributed by atoms with Crippen molar-refractivity contribution >= 4 is 0 Å². The molecule has 0 unspecified atom stereocenters. The molecule has 0 aromatic carbocycles. The largest absolute Gasteiger partial charge is 0.326 e. The molecule has 2 rings (SSSR count). The molecule has 2 aliphatic rings. The molecule has 0 aromatic heterocycles. The summed E-state index contributed by atoms with van der Waals surface area (Å²) in [5, 5.41) is 0. The van der Waals surface area contributed by atoms with E-state index < -0.39 is 5.92 Å². The average molecular weight is 190 g/mol. The fourth-order valence-electron chi connectivity index (χ4n) is 2.31. The molecule has 1 heterocycles. The van der Waals surface area contributed by atoms with Gasteiger partial charge in [-0.25, -0.2) is 8.78 Å². The SMILES string of the molecule is N[C@@H]1CCN(CC2CC(F)(F)C2)C1. The summed E-state index contributed by atoms with van der Waals surface area (Å²) in [5.41, 5.74) is 5.72. The highest BCUT2D eigenvalue weighted by Gasteiger charge is 2.45. The Labute approximate surface area is 77.1 Å². The number of rotatable bonds is 2. The zero-order chi connectivity index (χ0) is 9.47. The quantitative estimate of drug-likeness (QED) is 0.705. The van der Waals surface area contributed by atoms with Crippen LogP contribution >= 0.6 is 0 Å². The molecule has 0 radical (unpaired) electrons. The van der Waals surface area contributed by atoms with Crippen molar-refractivity contribution in [3.63, 3.8) is 0 Å². The van der Waals surface area contributed by atoms with Crippen LogP contribution in [0.5, 0.6) is 0 Å². The van der Waals surface area contributed by atoms with Crippen LogP contribution in [0.2, 0.25) is 0 Å². The van der Waals surface area contributed by atoms with Crippen LogP contribution in [0.15, 0.2) is 0 Å². The fraction of sp³-hybridized carbons (Fsp3) is 1.00. The Hall–Kier alpha value is -0.220. The molecule has 1 aliphatic heterocycles. The van der Waals surface area contributed by atoms with Crippen molar-refractivity contribution in [3.05, 3.63) is 0 Å². The number of nitrogens with zero attached hydrogens (tertiary/aromatic N) is 1. The van der Waals surface area contributed by atoms with Gasteiger partial charge in [0.05, 0.1) is 0 Å². The van der Waals surface area contributed by atoms with Crippen molar-refractivity contribution in [1.82, 2.24) is 4.90 Å². The molecule has 1 atom stereocenters. The molecule has 0 aromatic rings. The molecule has 0 bridgehead atoms. The maximum atomic E-state index is 12.5. The summed E-state index contributed by atoms with van der Waals surface area (Å²) in [5.74, 6) is -2.16. The van der Waals surface area contributed by atoms with Gasteiger partial charge < -0.3 is 10.6 Å². The first-order valence-corrected chi connectivity index (χ1v) is 4.91. The molecular weight excluding hydrogens is 174 g/mol. The van der Waals surface area contributed by atoms with Crippen LogP contribution in [-0.2, 0) is 0 Å². The van der Waals surface area contributed by atoms with Crippen molar-refractivity contribution in [2.24, 2.45) is 11.7 Å². The number of hydrogen-bond acceptors (Lipinski definition) is 2. The van der Waals surface area contributed by atoms with Crippen molar-refractivity contribution in [3.8, 4) is 0 Å². The van der Waals surface area contributed by atoms with Crippen LogP contribution in [0.4, 0.5) is 8.78 Å². The number of nitrogens with two attached hydrogens (primary N) is 1. The molecule has 13 heavy (non-hydrogen) atoms. The van der Waals surface area contributed by atoms with Gasteiger partial charge >= 0.3 is 0 Å². The third-order valence-corrected chi connectivity index (χ3v) is 3.00. The molecular formula is C9H16F2N2. The Kier molecular flexibility index (Phi) is 2.28. The number of likely N-dealkylation sites (tertiary alicyclic amines) is 1. The second-order valence-corrected chi connectivity index (χ2v) is 4.44. The van der Waals surface area contributed by atoms with E-state index in [1.165, 1.54) is 0 Å². The van der Waals surface area contributed by atoms with Gasteiger partial charge in [-0.3, -0.25) is 0 Å². The van der Waals surface area contributed by atoms with Crippen molar-refractivity contribution in [2.45, 2.75) is 31.2 Å². The fourth-order valence-corrected chi connectivity index (χ4v) is 2.31. The van der Waals surface area contributed by atoms with E-state index in [1.807, 2.05) is 0 Å². The zero-order valence-electron chi connectivity index (χ0n) is 7.68. The zero-order valence-corrected chi connectivity index (χ0v) is 7.68. The van der Waals surface area contributed by atoms with Gasteiger partial charge in [0, 0.05) is 32.0 Å². The molecule has 0 spiro atoms. The number of halogens is 2. The summed E-state index contributed by atoms with van der Waals surface area (Å²) in [6, 6.07) is 0.264. The van der Waals surface area contributed by atoms with E-state index >= 15 is 0 Å². The molecule has 2 N–H and O–H groups in total. The Morgan fingerprint density at radius 3 is 2.54 bits per heavy atom. The summed E-state index contributed by atoms with van der Waals surface area (Å²) < 4.78 is 25.0. The molecule has 76 valence electrons. The predicted molar refractivity (Wildman–Crippen MR) is 46.7 cm³/mol. The first kappa shape index (κ1) is 9.34. The minimum Gasteiger partial charge on any atom is -0.326 e. The smallest absolute Gasteiger partial charge is 0.248 e. The molecule has 4 heteroatoms. The molecule has 2 fully saturated rings. The molecule has 1 saturated carbocycles. The van der Waals surface area contributed by atoms with Crippen LogP contribution in [0.3, 0.4) is 0 Å². The highest BCUT2D eigenvalue weighted by Crippen LogP contribution is 2.42. The lowest BCUT2D eigenvalue weighted by atomic mass is 9.81. The third-order valence-electron chi connectivity index (χ3n) is 3.00. The van der Waals surface area contributed by atoms with E-state index in [-0.39, 0.29) is 24.8 Å². The van der Waals surface area contributed by atoms with E-state index in [0.29, 0.717) is 0 Å². The maximum Gasteiger partial charge on any atom is 0.248 e. The second kappa shape index (κ2) is 3.17. The third kappa shape index (κ3) is 2.17.